The number of benzene rings is 5. The van der Waals surface area contributed by atoms with E-state index in [0.29, 0.717) is 0 Å². The van der Waals surface area contributed by atoms with Gasteiger partial charge in [0, 0.05) is 17.1 Å². The molecule has 0 bridgehead atoms. The number of nitrogens with zero attached hydrogens (tertiary/aromatic N) is 1. The summed E-state index contributed by atoms with van der Waals surface area (Å²) >= 11 is 0. The Hall–Kier alpha value is -5.14. The first-order chi connectivity index (χ1) is 20.2. The van der Waals surface area contributed by atoms with E-state index in [1.807, 2.05) is 12.1 Å². The average molecular weight is 530 g/mol. The van der Waals surface area contributed by atoms with Gasteiger partial charge in [-0.15, -0.1) is 0 Å². The Morgan fingerprint density at radius 3 is 1.20 bits per heavy atom. The molecule has 0 heterocycles. The Morgan fingerprint density at radius 1 is 0.390 bits per heavy atom. The molecule has 0 saturated heterocycles. The highest BCUT2D eigenvalue weighted by atomic mass is 15.1. The maximum Gasteiger partial charge on any atom is 0.0493 e. The van der Waals surface area contributed by atoms with Crippen LogP contribution in [-0.4, -0.2) is 0 Å². The van der Waals surface area contributed by atoms with Gasteiger partial charge in [0.15, 0.2) is 0 Å². The van der Waals surface area contributed by atoms with Gasteiger partial charge < -0.3 is 4.90 Å². The van der Waals surface area contributed by atoms with Crippen LogP contribution in [0, 0.1) is 13.8 Å². The Balaban J connectivity index is 1.36. The van der Waals surface area contributed by atoms with Crippen LogP contribution in [0.3, 0.4) is 0 Å². The molecule has 0 aliphatic heterocycles. The first-order valence-electron chi connectivity index (χ1n) is 14.0. The van der Waals surface area contributed by atoms with Gasteiger partial charge in [0.25, 0.3) is 0 Å². The first kappa shape index (κ1) is 27.4. The lowest BCUT2D eigenvalue weighted by Crippen LogP contribution is -2.11. The lowest BCUT2D eigenvalue weighted by atomic mass is 10.0. The van der Waals surface area contributed by atoms with Crippen LogP contribution in [0.15, 0.2) is 152 Å². The summed E-state index contributed by atoms with van der Waals surface area (Å²) in [6.45, 7) is 4.37. The number of allylic oxidation sites excluding steroid dienone is 4. The van der Waals surface area contributed by atoms with Crippen molar-refractivity contribution in [2.75, 3.05) is 4.90 Å². The van der Waals surface area contributed by atoms with E-state index in [0.717, 1.165) is 22.5 Å². The van der Waals surface area contributed by atoms with Crippen molar-refractivity contribution < 1.29 is 0 Å². The SMILES string of the molecule is Cc1cccc(N(c2ccc(C=CC=Cc3ccccc3)cc2)c2ccc(C=CC=Cc3ccccc3)cc2)c1C. The molecule has 200 valence electrons. The second kappa shape index (κ2) is 13.8. The largest absolute Gasteiger partial charge is 0.310 e. The molecule has 0 aromatic heterocycles. The van der Waals surface area contributed by atoms with Crippen LogP contribution < -0.4 is 4.90 Å². The third kappa shape index (κ3) is 7.50. The monoisotopic (exact) mass is 529 g/mol. The number of hydrogen-bond donors (Lipinski definition) is 0. The summed E-state index contributed by atoms with van der Waals surface area (Å²) in [5, 5.41) is 0. The van der Waals surface area contributed by atoms with Gasteiger partial charge in [0.2, 0.25) is 0 Å². The Bertz CT molecular complexity index is 1550. The molecule has 0 radical (unpaired) electrons. The predicted molar refractivity (Wildman–Crippen MR) is 180 cm³/mol. The van der Waals surface area contributed by atoms with Crippen LogP contribution in [-0.2, 0) is 0 Å². The van der Waals surface area contributed by atoms with Gasteiger partial charge in [-0.05, 0) is 77.6 Å². The van der Waals surface area contributed by atoms with Gasteiger partial charge in [0.1, 0.15) is 0 Å². The molecule has 0 atom stereocenters. The summed E-state index contributed by atoms with van der Waals surface area (Å²) in [7, 11) is 0. The standard InChI is InChI=1S/C40H35N/c1-32-14-13-23-40(33(32)2)41(38-28-24-36(25-29-38)21-11-9-19-34-15-5-3-6-16-34)39-30-26-37(27-31-39)22-12-10-20-35-17-7-4-8-18-35/h3-31H,1-2H3. The van der Waals surface area contributed by atoms with Gasteiger partial charge >= 0.3 is 0 Å². The van der Waals surface area contributed by atoms with E-state index >= 15 is 0 Å². The highest BCUT2D eigenvalue weighted by Crippen LogP contribution is 2.37. The van der Waals surface area contributed by atoms with Gasteiger partial charge in [-0.1, -0.05) is 146 Å². The zero-order valence-corrected chi connectivity index (χ0v) is 23.7. The third-order valence-corrected chi connectivity index (χ3v) is 7.10. The highest BCUT2D eigenvalue weighted by Gasteiger charge is 2.15. The predicted octanol–water partition coefficient (Wildman–Crippen LogP) is 11.2. The zero-order chi connectivity index (χ0) is 28.3. The minimum atomic E-state index is 1.13. The molecule has 0 aliphatic rings. The molecule has 0 aliphatic carbocycles. The summed E-state index contributed by atoms with van der Waals surface area (Å²) < 4.78 is 0. The molecule has 5 aromatic rings. The summed E-state index contributed by atoms with van der Waals surface area (Å²) in [5.41, 5.74) is 10.7. The second-order valence-corrected chi connectivity index (χ2v) is 10.00. The van der Waals surface area contributed by atoms with Gasteiger partial charge in [-0.3, -0.25) is 0 Å². The molecular weight excluding hydrogens is 494 g/mol. The average Bonchev–Trinajstić information content (AvgIpc) is 3.02. The fourth-order valence-corrected chi connectivity index (χ4v) is 4.67. The maximum atomic E-state index is 2.34. The van der Waals surface area contributed by atoms with E-state index in [-0.39, 0.29) is 0 Å². The van der Waals surface area contributed by atoms with Gasteiger partial charge in [-0.25, -0.2) is 0 Å². The fourth-order valence-electron chi connectivity index (χ4n) is 4.67. The van der Waals surface area contributed by atoms with E-state index in [4.69, 9.17) is 0 Å². The summed E-state index contributed by atoms with van der Waals surface area (Å²) in [6.07, 6.45) is 16.9. The van der Waals surface area contributed by atoms with Crippen LogP contribution in [0.1, 0.15) is 33.4 Å². The molecule has 0 spiro atoms. The van der Waals surface area contributed by atoms with E-state index in [2.05, 4.69) is 183 Å². The lowest BCUT2D eigenvalue weighted by Gasteiger charge is -2.28. The van der Waals surface area contributed by atoms with Gasteiger partial charge in [-0.2, -0.15) is 0 Å². The summed E-state index contributed by atoms with van der Waals surface area (Å²) in [5.74, 6) is 0. The Labute approximate surface area is 244 Å². The molecule has 5 aromatic carbocycles. The number of hydrogen-bond acceptors (Lipinski definition) is 1. The molecule has 0 N–H and O–H groups in total. The topological polar surface area (TPSA) is 3.24 Å². The van der Waals surface area contributed by atoms with Crippen molar-refractivity contribution in [2.45, 2.75) is 13.8 Å². The number of aryl methyl sites for hydroxylation is 1. The van der Waals surface area contributed by atoms with Crippen molar-refractivity contribution >= 4 is 41.4 Å². The summed E-state index contributed by atoms with van der Waals surface area (Å²) in [6, 6.07) is 44.7. The minimum Gasteiger partial charge on any atom is -0.310 e. The van der Waals surface area contributed by atoms with E-state index in [1.165, 1.54) is 27.9 Å². The van der Waals surface area contributed by atoms with Crippen molar-refractivity contribution in [3.05, 3.63) is 185 Å². The molecule has 0 saturated carbocycles. The van der Waals surface area contributed by atoms with Crippen LogP contribution in [0.2, 0.25) is 0 Å². The molecule has 41 heavy (non-hydrogen) atoms. The van der Waals surface area contributed by atoms with Crippen LogP contribution in [0.4, 0.5) is 17.1 Å². The zero-order valence-electron chi connectivity index (χ0n) is 23.7. The van der Waals surface area contributed by atoms with E-state index in [9.17, 15) is 0 Å². The molecule has 0 amide bonds. The van der Waals surface area contributed by atoms with Crippen molar-refractivity contribution in [1.29, 1.82) is 0 Å². The van der Waals surface area contributed by atoms with Gasteiger partial charge in [0.05, 0.1) is 0 Å². The van der Waals surface area contributed by atoms with Crippen molar-refractivity contribution in [1.82, 2.24) is 0 Å². The van der Waals surface area contributed by atoms with Crippen molar-refractivity contribution in [3.63, 3.8) is 0 Å². The van der Waals surface area contributed by atoms with Crippen LogP contribution in [0.5, 0.6) is 0 Å². The van der Waals surface area contributed by atoms with E-state index < -0.39 is 0 Å². The number of rotatable bonds is 9. The highest BCUT2D eigenvalue weighted by molar-refractivity contribution is 5.80. The second-order valence-electron chi connectivity index (χ2n) is 10.00. The molecule has 1 heteroatoms. The smallest absolute Gasteiger partial charge is 0.0493 e. The summed E-state index contributed by atoms with van der Waals surface area (Å²) in [4.78, 5) is 2.34. The van der Waals surface area contributed by atoms with Crippen molar-refractivity contribution in [2.24, 2.45) is 0 Å². The molecular formula is C40H35N. The van der Waals surface area contributed by atoms with Crippen LogP contribution >= 0.6 is 0 Å². The maximum absolute atomic E-state index is 2.34. The molecule has 5 rings (SSSR count). The number of anilines is 3. The fraction of sp³-hybridized carbons (Fsp3) is 0.0500. The minimum absolute atomic E-state index is 1.13. The molecule has 0 unspecified atom stereocenters. The molecule has 0 fully saturated rings. The quantitative estimate of drug-likeness (QED) is 0.172. The Kier molecular flexibility index (Phi) is 9.22. The molecule has 1 nitrogen and oxygen atoms in total. The normalized spacial score (nSPS) is 11.8. The Morgan fingerprint density at radius 2 is 0.780 bits per heavy atom. The van der Waals surface area contributed by atoms with E-state index in [1.54, 1.807) is 0 Å². The lowest BCUT2D eigenvalue weighted by molar-refractivity contribution is 1.22. The third-order valence-electron chi connectivity index (χ3n) is 7.10. The first-order valence-corrected chi connectivity index (χ1v) is 14.0. The van der Waals surface area contributed by atoms with Crippen molar-refractivity contribution in [3.8, 4) is 0 Å². The van der Waals surface area contributed by atoms with Crippen LogP contribution in [0.25, 0.3) is 24.3 Å².